The number of alkyl halides is 2. The van der Waals surface area contributed by atoms with Crippen LogP contribution in [0.3, 0.4) is 0 Å². The number of rotatable bonds is 6. The quantitative estimate of drug-likeness (QED) is 0.764. The standard InChI is InChI=1S/C18H17F2NO4S/c1-11-13(3-2-4-14(11)25-18(19)20)21-17(22)10-26-12-5-6-15-16(9-12)24-8-7-23-15/h2-6,9,18H,7-8,10H2,1H3,(H,21,22). The van der Waals surface area contributed by atoms with E-state index in [4.69, 9.17) is 9.47 Å². The van der Waals surface area contributed by atoms with Crippen molar-refractivity contribution in [2.75, 3.05) is 24.3 Å². The molecule has 0 saturated carbocycles. The molecule has 0 aliphatic carbocycles. The Morgan fingerprint density at radius 2 is 2.00 bits per heavy atom. The van der Waals surface area contributed by atoms with Gasteiger partial charge >= 0.3 is 6.61 Å². The van der Waals surface area contributed by atoms with Crippen LogP contribution >= 0.6 is 11.8 Å². The summed E-state index contributed by atoms with van der Waals surface area (Å²) in [7, 11) is 0. The van der Waals surface area contributed by atoms with Crippen LogP contribution in [0.4, 0.5) is 14.5 Å². The predicted molar refractivity (Wildman–Crippen MR) is 94.6 cm³/mol. The summed E-state index contributed by atoms with van der Waals surface area (Å²) in [5.74, 6) is 1.31. The van der Waals surface area contributed by atoms with Gasteiger partial charge in [0.25, 0.3) is 0 Å². The number of benzene rings is 2. The average Bonchev–Trinajstić information content (AvgIpc) is 2.63. The first-order valence-electron chi connectivity index (χ1n) is 7.89. The van der Waals surface area contributed by atoms with Crippen molar-refractivity contribution in [3.63, 3.8) is 0 Å². The SMILES string of the molecule is Cc1c(NC(=O)CSc2ccc3c(c2)OCCO3)cccc1OC(F)F. The van der Waals surface area contributed by atoms with Gasteiger partial charge in [-0.05, 0) is 37.3 Å². The maximum absolute atomic E-state index is 12.4. The fourth-order valence-corrected chi connectivity index (χ4v) is 3.15. The Labute approximate surface area is 153 Å². The first-order chi connectivity index (χ1) is 12.5. The molecule has 2 aromatic carbocycles. The van der Waals surface area contributed by atoms with Crippen LogP contribution in [0.15, 0.2) is 41.3 Å². The van der Waals surface area contributed by atoms with Crippen molar-refractivity contribution in [1.29, 1.82) is 0 Å². The first kappa shape index (κ1) is 18.3. The molecule has 0 aromatic heterocycles. The molecule has 26 heavy (non-hydrogen) atoms. The highest BCUT2D eigenvalue weighted by molar-refractivity contribution is 8.00. The van der Waals surface area contributed by atoms with Crippen molar-refractivity contribution >= 4 is 23.4 Å². The fourth-order valence-electron chi connectivity index (χ4n) is 2.42. The monoisotopic (exact) mass is 381 g/mol. The third-order valence-electron chi connectivity index (χ3n) is 3.66. The lowest BCUT2D eigenvalue weighted by atomic mass is 10.2. The van der Waals surface area contributed by atoms with E-state index in [1.807, 2.05) is 18.2 Å². The van der Waals surface area contributed by atoms with Gasteiger partial charge in [0.15, 0.2) is 11.5 Å². The Kier molecular flexibility index (Phi) is 5.82. The van der Waals surface area contributed by atoms with Crippen molar-refractivity contribution in [2.24, 2.45) is 0 Å². The molecule has 0 bridgehead atoms. The molecule has 0 unspecified atom stereocenters. The lowest BCUT2D eigenvalue weighted by Gasteiger charge is -2.18. The number of ether oxygens (including phenoxy) is 3. The molecule has 1 aliphatic heterocycles. The predicted octanol–water partition coefficient (Wildman–Crippen LogP) is 4.10. The molecule has 3 rings (SSSR count). The molecule has 0 atom stereocenters. The number of carbonyl (C=O) groups excluding carboxylic acids is 1. The minimum Gasteiger partial charge on any atom is -0.486 e. The van der Waals surface area contributed by atoms with E-state index >= 15 is 0 Å². The number of anilines is 1. The number of hydrogen-bond acceptors (Lipinski definition) is 5. The summed E-state index contributed by atoms with van der Waals surface area (Å²) in [6.45, 7) is -0.278. The van der Waals surface area contributed by atoms with Gasteiger partial charge in [-0.2, -0.15) is 8.78 Å². The van der Waals surface area contributed by atoms with E-state index in [9.17, 15) is 13.6 Å². The number of fused-ring (bicyclic) bond motifs is 1. The van der Waals surface area contributed by atoms with Crippen LogP contribution in [0.1, 0.15) is 5.56 Å². The maximum atomic E-state index is 12.4. The smallest absolute Gasteiger partial charge is 0.387 e. The van der Waals surface area contributed by atoms with Crippen molar-refractivity contribution in [3.05, 3.63) is 42.0 Å². The highest BCUT2D eigenvalue weighted by Gasteiger charge is 2.14. The molecule has 5 nitrogen and oxygen atoms in total. The zero-order chi connectivity index (χ0) is 18.5. The van der Waals surface area contributed by atoms with Gasteiger partial charge in [-0.15, -0.1) is 11.8 Å². The summed E-state index contributed by atoms with van der Waals surface area (Å²) >= 11 is 1.34. The zero-order valence-electron chi connectivity index (χ0n) is 14.0. The third-order valence-corrected chi connectivity index (χ3v) is 4.65. The molecule has 0 spiro atoms. The molecule has 8 heteroatoms. The minimum atomic E-state index is -2.91. The van der Waals surface area contributed by atoms with Gasteiger partial charge in [0.05, 0.1) is 5.75 Å². The number of thioether (sulfide) groups is 1. The Balaban J connectivity index is 1.59. The summed E-state index contributed by atoms with van der Waals surface area (Å²) in [6, 6.07) is 10.1. The molecular formula is C18H17F2NO4S. The van der Waals surface area contributed by atoms with Crippen LogP contribution in [0.2, 0.25) is 0 Å². The van der Waals surface area contributed by atoms with E-state index in [1.165, 1.54) is 17.8 Å². The van der Waals surface area contributed by atoms with Gasteiger partial charge in [-0.1, -0.05) is 6.07 Å². The summed E-state index contributed by atoms with van der Waals surface area (Å²) in [5, 5.41) is 2.72. The van der Waals surface area contributed by atoms with E-state index in [0.29, 0.717) is 36.0 Å². The molecule has 0 saturated heterocycles. The zero-order valence-corrected chi connectivity index (χ0v) is 14.8. The van der Waals surface area contributed by atoms with E-state index in [1.54, 1.807) is 19.1 Å². The summed E-state index contributed by atoms with van der Waals surface area (Å²) in [4.78, 5) is 13.1. The summed E-state index contributed by atoms with van der Waals surface area (Å²) in [6.07, 6.45) is 0. The molecule has 1 aliphatic rings. The number of amides is 1. The van der Waals surface area contributed by atoms with Crippen molar-refractivity contribution in [3.8, 4) is 17.2 Å². The van der Waals surface area contributed by atoms with Crippen molar-refractivity contribution in [2.45, 2.75) is 18.4 Å². The highest BCUT2D eigenvalue weighted by atomic mass is 32.2. The van der Waals surface area contributed by atoms with Crippen LogP contribution in [-0.2, 0) is 4.79 Å². The van der Waals surface area contributed by atoms with E-state index in [0.717, 1.165) is 4.90 Å². The van der Waals surface area contributed by atoms with Gasteiger partial charge in [-0.25, -0.2) is 0 Å². The second kappa shape index (κ2) is 8.27. The van der Waals surface area contributed by atoms with Gasteiger partial charge in [0.2, 0.25) is 5.91 Å². The average molecular weight is 381 g/mol. The first-order valence-corrected chi connectivity index (χ1v) is 8.88. The van der Waals surface area contributed by atoms with E-state index in [-0.39, 0.29) is 17.4 Å². The Morgan fingerprint density at radius 1 is 1.23 bits per heavy atom. The Bertz CT molecular complexity index is 801. The Hall–Kier alpha value is -2.48. The van der Waals surface area contributed by atoms with E-state index in [2.05, 4.69) is 10.1 Å². The molecule has 1 N–H and O–H groups in total. The van der Waals surface area contributed by atoms with Crippen LogP contribution in [-0.4, -0.2) is 31.5 Å². The van der Waals surface area contributed by atoms with Gasteiger partial charge in [-0.3, -0.25) is 4.79 Å². The van der Waals surface area contributed by atoms with Crippen LogP contribution in [0.25, 0.3) is 0 Å². The molecule has 0 radical (unpaired) electrons. The number of halogens is 2. The van der Waals surface area contributed by atoms with Crippen LogP contribution in [0, 0.1) is 6.92 Å². The summed E-state index contributed by atoms with van der Waals surface area (Å²) < 4.78 is 40.2. The molecule has 2 aromatic rings. The highest BCUT2D eigenvalue weighted by Crippen LogP contribution is 2.34. The van der Waals surface area contributed by atoms with Crippen molar-refractivity contribution < 1.29 is 27.8 Å². The topological polar surface area (TPSA) is 56.8 Å². The molecule has 1 heterocycles. The van der Waals surface area contributed by atoms with Gasteiger partial charge in [0.1, 0.15) is 19.0 Å². The van der Waals surface area contributed by atoms with E-state index < -0.39 is 6.61 Å². The lowest BCUT2D eigenvalue weighted by molar-refractivity contribution is -0.113. The molecule has 1 amide bonds. The normalized spacial score (nSPS) is 12.8. The lowest BCUT2D eigenvalue weighted by Crippen LogP contribution is -2.16. The fraction of sp³-hybridized carbons (Fsp3) is 0.278. The minimum absolute atomic E-state index is 0.0392. The summed E-state index contributed by atoms with van der Waals surface area (Å²) in [5.41, 5.74) is 0.890. The van der Waals surface area contributed by atoms with Crippen molar-refractivity contribution in [1.82, 2.24) is 0 Å². The molecule has 138 valence electrons. The second-order valence-electron chi connectivity index (χ2n) is 5.45. The third kappa shape index (κ3) is 4.57. The number of hydrogen-bond donors (Lipinski definition) is 1. The number of nitrogens with one attached hydrogen (secondary N) is 1. The molecular weight excluding hydrogens is 364 g/mol. The van der Waals surface area contributed by atoms with Crippen LogP contribution in [0.5, 0.6) is 17.2 Å². The second-order valence-corrected chi connectivity index (χ2v) is 6.50. The maximum Gasteiger partial charge on any atom is 0.387 e. The largest absolute Gasteiger partial charge is 0.486 e. The van der Waals surface area contributed by atoms with Gasteiger partial charge in [0, 0.05) is 16.1 Å². The Morgan fingerprint density at radius 3 is 2.77 bits per heavy atom. The van der Waals surface area contributed by atoms with Crippen LogP contribution < -0.4 is 19.5 Å². The molecule has 0 fully saturated rings. The number of carbonyl (C=O) groups is 1. The van der Waals surface area contributed by atoms with Gasteiger partial charge < -0.3 is 19.5 Å².